The fourth-order valence-corrected chi connectivity index (χ4v) is 2.87. The first-order valence-corrected chi connectivity index (χ1v) is 6.99. The van der Waals surface area contributed by atoms with Crippen LogP contribution in [-0.4, -0.2) is 25.9 Å². The molecule has 1 rings (SSSR count). The van der Waals surface area contributed by atoms with Crippen LogP contribution in [0.3, 0.4) is 0 Å². The lowest BCUT2D eigenvalue weighted by atomic mass is 10.2. The van der Waals surface area contributed by atoms with Crippen molar-refractivity contribution in [2.24, 2.45) is 4.99 Å². The van der Waals surface area contributed by atoms with Gasteiger partial charge in [0, 0.05) is 20.4 Å². The molecule has 0 saturated heterocycles. The Balaban J connectivity index is 3.17. The van der Waals surface area contributed by atoms with Gasteiger partial charge in [0.15, 0.2) is 0 Å². The van der Waals surface area contributed by atoms with E-state index >= 15 is 0 Å². The maximum atomic E-state index is 12.4. The van der Waals surface area contributed by atoms with E-state index in [9.17, 15) is 4.57 Å². The Kier molecular flexibility index (Phi) is 5.65. The summed E-state index contributed by atoms with van der Waals surface area (Å²) in [6.07, 6.45) is 1.48. The molecule has 92 valence electrons. The molecule has 1 atom stereocenters. The molecule has 1 aromatic carbocycles. The van der Waals surface area contributed by atoms with Gasteiger partial charge in [0.2, 0.25) is 0 Å². The van der Waals surface area contributed by atoms with E-state index in [0.717, 1.165) is 5.56 Å². The first-order chi connectivity index (χ1) is 8.18. The Labute approximate surface area is 106 Å². The summed E-state index contributed by atoms with van der Waals surface area (Å²) in [4.78, 5) is 3.84. The predicted molar refractivity (Wildman–Crippen MR) is 73.0 cm³/mol. The van der Waals surface area contributed by atoms with E-state index in [0.29, 0.717) is 0 Å². The summed E-state index contributed by atoms with van der Waals surface area (Å²) < 4.78 is 22.4. The first kappa shape index (κ1) is 14.2. The standard InChI is InChI=1S/C11H14NO3PS/c1-14-16(13,15-2)11(8-12-9-17)10-6-4-3-5-7-10/h3-9,11H,1-2H3. The highest BCUT2D eigenvalue weighted by Crippen LogP contribution is 2.58. The Morgan fingerprint density at radius 1 is 1.29 bits per heavy atom. The summed E-state index contributed by atoms with van der Waals surface area (Å²) in [6, 6.07) is 9.25. The Morgan fingerprint density at radius 2 is 1.88 bits per heavy atom. The third kappa shape index (κ3) is 3.54. The highest BCUT2D eigenvalue weighted by atomic mass is 32.1. The topological polar surface area (TPSA) is 47.9 Å². The summed E-state index contributed by atoms with van der Waals surface area (Å²) in [6.45, 7) is 0. The number of benzene rings is 1. The molecule has 6 heteroatoms. The van der Waals surface area contributed by atoms with Crippen LogP contribution in [0.5, 0.6) is 0 Å². The number of hydrogen-bond donors (Lipinski definition) is 0. The van der Waals surface area contributed by atoms with Gasteiger partial charge in [0.05, 0.1) is 5.49 Å². The minimum Gasteiger partial charge on any atom is -0.311 e. The van der Waals surface area contributed by atoms with Crippen molar-refractivity contribution in [2.75, 3.05) is 14.2 Å². The van der Waals surface area contributed by atoms with E-state index in [-0.39, 0.29) is 0 Å². The van der Waals surface area contributed by atoms with Crippen molar-refractivity contribution in [1.29, 1.82) is 0 Å². The lowest BCUT2D eigenvalue weighted by molar-refractivity contribution is 0.272. The fraction of sp³-hybridized carbons (Fsp3) is 0.273. The van der Waals surface area contributed by atoms with Crippen LogP contribution in [0, 0.1) is 0 Å². The van der Waals surface area contributed by atoms with Crippen LogP contribution in [-0.2, 0) is 13.6 Å². The van der Waals surface area contributed by atoms with Gasteiger partial charge in [0.25, 0.3) is 0 Å². The Morgan fingerprint density at radius 3 is 2.35 bits per heavy atom. The number of thiocarbonyl (C=S) groups is 1. The predicted octanol–water partition coefficient (Wildman–Crippen LogP) is 3.24. The molecule has 0 aromatic heterocycles. The lowest BCUT2D eigenvalue weighted by Gasteiger charge is -2.21. The summed E-state index contributed by atoms with van der Waals surface area (Å²) in [5, 5.41) is 0. The highest BCUT2D eigenvalue weighted by molar-refractivity contribution is 7.78. The number of nitrogens with zero attached hydrogens (tertiary/aromatic N) is 1. The smallest absolute Gasteiger partial charge is 0.311 e. The van der Waals surface area contributed by atoms with Crippen molar-refractivity contribution in [3.05, 3.63) is 35.9 Å². The summed E-state index contributed by atoms with van der Waals surface area (Å²) in [5.41, 5.74) is 1.46. The van der Waals surface area contributed by atoms with Crippen LogP contribution < -0.4 is 0 Å². The lowest BCUT2D eigenvalue weighted by Crippen LogP contribution is -2.05. The van der Waals surface area contributed by atoms with Crippen LogP contribution in [0.15, 0.2) is 35.3 Å². The second-order valence-corrected chi connectivity index (χ2v) is 5.74. The van der Waals surface area contributed by atoms with Crippen LogP contribution in [0.25, 0.3) is 0 Å². The van der Waals surface area contributed by atoms with Crippen LogP contribution in [0.2, 0.25) is 0 Å². The molecular weight excluding hydrogens is 257 g/mol. The third-order valence-electron chi connectivity index (χ3n) is 2.28. The monoisotopic (exact) mass is 271 g/mol. The molecule has 1 unspecified atom stereocenters. The van der Waals surface area contributed by atoms with Crippen molar-refractivity contribution >= 4 is 31.5 Å². The molecule has 0 amide bonds. The zero-order chi connectivity index (χ0) is 12.7. The third-order valence-corrected chi connectivity index (χ3v) is 4.53. The summed E-state index contributed by atoms with van der Waals surface area (Å²) in [7, 11) is -0.553. The maximum Gasteiger partial charge on any atom is 0.342 e. The van der Waals surface area contributed by atoms with Gasteiger partial charge >= 0.3 is 7.60 Å². The Hall–Kier alpha value is -0.870. The number of rotatable bonds is 6. The first-order valence-electron chi connectivity index (χ1n) is 4.91. The molecule has 0 heterocycles. The SMILES string of the molecule is COP(=O)(OC)C(C=NC=S)c1ccccc1. The van der Waals surface area contributed by atoms with E-state index < -0.39 is 13.3 Å². The minimum atomic E-state index is -3.26. The maximum absolute atomic E-state index is 12.4. The van der Waals surface area contributed by atoms with Gasteiger partial charge in [-0.1, -0.05) is 42.5 Å². The Bertz CT molecular complexity index is 428. The van der Waals surface area contributed by atoms with E-state index in [1.165, 1.54) is 25.9 Å². The van der Waals surface area contributed by atoms with Crippen LogP contribution in [0.1, 0.15) is 11.2 Å². The zero-order valence-corrected chi connectivity index (χ0v) is 11.4. The molecule has 0 spiro atoms. The molecule has 0 fully saturated rings. The summed E-state index contributed by atoms with van der Waals surface area (Å²) >= 11 is 4.62. The molecule has 0 saturated carbocycles. The van der Waals surface area contributed by atoms with Crippen LogP contribution >= 0.6 is 19.8 Å². The van der Waals surface area contributed by atoms with Gasteiger partial charge in [-0.2, -0.15) is 0 Å². The second kappa shape index (κ2) is 6.77. The van der Waals surface area contributed by atoms with Crippen LogP contribution in [0.4, 0.5) is 0 Å². The fourth-order valence-electron chi connectivity index (χ4n) is 1.42. The van der Waals surface area contributed by atoms with Crippen molar-refractivity contribution in [1.82, 2.24) is 0 Å². The molecule has 1 aromatic rings. The van der Waals surface area contributed by atoms with Crippen molar-refractivity contribution < 1.29 is 13.6 Å². The molecule has 0 bridgehead atoms. The van der Waals surface area contributed by atoms with Gasteiger partial charge < -0.3 is 9.05 Å². The van der Waals surface area contributed by atoms with Crippen molar-refractivity contribution in [3.63, 3.8) is 0 Å². The van der Waals surface area contributed by atoms with Crippen molar-refractivity contribution in [2.45, 2.75) is 5.66 Å². The number of aliphatic imine (C=N–C) groups is 1. The molecular formula is C11H14NO3PS. The van der Waals surface area contributed by atoms with Crippen molar-refractivity contribution in [3.8, 4) is 0 Å². The second-order valence-electron chi connectivity index (χ2n) is 3.16. The van der Waals surface area contributed by atoms with Gasteiger partial charge in [-0.15, -0.1) is 0 Å². The molecule has 17 heavy (non-hydrogen) atoms. The van der Waals surface area contributed by atoms with Gasteiger partial charge in [-0.05, 0) is 5.56 Å². The van der Waals surface area contributed by atoms with Gasteiger partial charge in [0.1, 0.15) is 5.66 Å². The summed E-state index contributed by atoms with van der Waals surface area (Å²) in [5.74, 6) is 0. The molecule has 0 radical (unpaired) electrons. The van der Waals surface area contributed by atoms with E-state index in [2.05, 4.69) is 17.2 Å². The van der Waals surface area contributed by atoms with E-state index in [4.69, 9.17) is 9.05 Å². The zero-order valence-electron chi connectivity index (χ0n) is 9.65. The molecule has 0 aliphatic rings. The molecule has 0 N–H and O–H groups in total. The largest absolute Gasteiger partial charge is 0.342 e. The van der Waals surface area contributed by atoms with E-state index in [1.807, 2.05) is 30.3 Å². The van der Waals surface area contributed by atoms with E-state index in [1.54, 1.807) is 0 Å². The quantitative estimate of drug-likeness (QED) is 0.453. The normalized spacial score (nSPS) is 13.8. The number of hydrogen-bond acceptors (Lipinski definition) is 4. The molecule has 4 nitrogen and oxygen atoms in total. The average Bonchev–Trinajstić information content (AvgIpc) is 2.40. The highest BCUT2D eigenvalue weighted by Gasteiger charge is 2.33. The minimum absolute atomic E-state index is 0.558. The molecule has 0 aliphatic heterocycles. The van der Waals surface area contributed by atoms with Gasteiger partial charge in [-0.3, -0.25) is 9.56 Å². The molecule has 0 aliphatic carbocycles. The average molecular weight is 271 g/mol. The van der Waals surface area contributed by atoms with Gasteiger partial charge in [-0.25, -0.2) is 0 Å².